The molecule has 1 aromatic carbocycles. The van der Waals surface area contributed by atoms with E-state index in [1.54, 1.807) is 7.11 Å². The summed E-state index contributed by atoms with van der Waals surface area (Å²) in [5, 5.41) is 4.29. The number of benzene rings is 1. The number of ether oxygens (including phenoxy) is 1. The van der Waals surface area contributed by atoms with Crippen molar-refractivity contribution in [3.8, 4) is 0 Å². The molecule has 2 nitrogen and oxygen atoms in total. The summed E-state index contributed by atoms with van der Waals surface area (Å²) in [7, 11) is 1.73. The summed E-state index contributed by atoms with van der Waals surface area (Å²) in [5.41, 5.74) is 1.69. The van der Waals surface area contributed by atoms with Crippen molar-refractivity contribution in [2.75, 3.05) is 26.8 Å². The van der Waals surface area contributed by atoms with E-state index in [0.29, 0.717) is 11.3 Å². The molecule has 0 fully saturated rings. The average Bonchev–Trinajstić information content (AvgIpc) is 2.36. The molecule has 1 N–H and O–H groups in total. The van der Waals surface area contributed by atoms with E-state index in [2.05, 4.69) is 38.2 Å². The van der Waals surface area contributed by atoms with E-state index >= 15 is 0 Å². The van der Waals surface area contributed by atoms with Gasteiger partial charge in [-0.2, -0.15) is 0 Å². The Morgan fingerprint density at radius 3 is 2.65 bits per heavy atom. The minimum Gasteiger partial charge on any atom is -0.383 e. The van der Waals surface area contributed by atoms with Gasteiger partial charge in [0.1, 0.15) is 0 Å². The van der Waals surface area contributed by atoms with Gasteiger partial charge in [0.2, 0.25) is 0 Å². The molecule has 114 valence electrons. The summed E-state index contributed by atoms with van der Waals surface area (Å²) < 4.78 is 5.08. The van der Waals surface area contributed by atoms with Gasteiger partial charge in [0.25, 0.3) is 0 Å². The van der Waals surface area contributed by atoms with Crippen molar-refractivity contribution in [1.82, 2.24) is 5.32 Å². The molecule has 20 heavy (non-hydrogen) atoms. The first-order valence-electron chi connectivity index (χ1n) is 7.37. The van der Waals surface area contributed by atoms with Crippen LogP contribution >= 0.6 is 11.6 Å². The summed E-state index contributed by atoms with van der Waals surface area (Å²) in [6, 6.07) is 8.24. The Hall–Kier alpha value is -0.570. The predicted octanol–water partition coefficient (Wildman–Crippen LogP) is 4.49. The topological polar surface area (TPSA) is 21.3 Å². The summed E-state index contributed by atoms with van der Waals surface area (Å²) in [6.07, 6.45) is 2.37. The molecule has 0 aliphatic rings. The maximum absolute atomic E-state index is 6.12. The van der Waals surface area contributed by atoms with Crippen molar-refractivity contribution in [1.29, 1.82) is 0 Å². The van der Waals surface area contributed by atoms with Gasteiger partial charge in [0.15, 0.2) is 0 Å². The molecule has 0 radical (unpaired) electrons. The van der Waals surface area contributed by atoms with Crippen LogP contribution in [0.5, 0.6) is 0 Å². The zero-order chi connectivity index (χ0) is 15.0. The lowest BCUT2D eigenvalue weighted by Gasteiger charge is -2.24. The zero-order valence-electron chi connectivity index (χ0n) is 13.2. The fourth-order valence-corrected chi connectivity index (χ4v) is 2.40. The Morgan fingerprint density at radius 2 is 2.05 bits per heavy atom. The minimum absolute atomic E-state index is 0.364. The van der Waals surface area contributed by atoms with Crippen molar-refractivity contribution in [3.63, 3.8) is 0 Å². The monoisotopic (exact) mass is 297 g/mol. The van der Waals surface area contributed by atoms with Crippen LogP contribution in [-0.4, -0.2) is 26.8 Å². The Labute approximate surface area is 128 Å². The summed E-state index contributed by atoms with van der Waals surface area (Å²) in [6.45, 7) is 9.49. The van der Waals surface area contributed by atoms with Crippen LogP contribution in [0, 0.1) is 5.41 Å². The standard InChI is InChI=1S/C17H28ClNO/c1-17(2,3)9-8-15(13-19-10-11-20-4)14-6-5-7-16(18)12-14/h5-7,12,15,19H,8-11,13H2,1-4H3. The molecule has 0 spiro atoms. The van der Waals surface area contributed by atoms with E-state index in [4.69, 9.17) is 16.3 Å². The summed E-state index contributed by atoms with van der Waals surface area (Å²) in [5.74, 6) is 0.504. The van der Waals surface area contributed by atoms with E-state index in [1.165, 1.54) is 18.4 Å². The van der Waals surface area contributed by atoms with E-state index in [-0.39, 0.29) is 0 Å². The predicted molar refractivity (Wildman–Crippen MR) is 87.6 cm³/mol. The number of rotatable bonds is 8. The van der Waals surface area contributed by atoms with Crippen LogP contribution in [0.25, 0.3) is 0 Å². The molecule has 0 amide bonds. The summed E-state index contributed by atoms with van der Waals surface area (Å²) in [4.78, 5) is 0. The Kier molecular flexibility index (Phi) is 7.57. The molecular weight excluding hydrogens is 270 g/mol. The Bertz CT molecular complexity index is 387. The van der Waals surface area contributed by atoms with Gasteiger partial charge in [-0.15, -0.1) is 0 Å². The minimum atomic E-state index is 0.364. The van der Waals surface area contributed by atoms with E-state index in [1.807, 2.05) is 12.1 Å². The fourth-order valence-electron chi connectivity index (χ4n) is 2.20. The molecule has 0 saturated heterocycles. The van der Waals surface area contributed by atoms with Gasteiger partial charge in [-0.05, 0) is 41.9 Å². The van der Waals surface area contributed by atoms with Crippen LogP contribution in [0.4, 0.5) is 0 Å². The molecule has 1 atom stereocenters. The molecule has 0 aliphatic heterocycles. The third kappa shape index (κ3) is 7.28. The van der Waals surface area contributed by atoms with Gasteiger partial charge < -0.3 is 10.1 Å². The number of nitrogens with one attached hydrogen (secondary N) is 1. The number of halogens is 1. The van der Waals surface area contributed by atoms with Crippen LogP contribution < -0.4 is 5.32 Å². The largest absolute Gasteiger partial charge is 0.383 e. The van der Waals surface area contributed by atoms with Gasteiger partial charge >= 0.3 is 0 Å². The first-order valence-corrected chi connectivity index (χ1v) is 7.75. The number of methoxy groups -OCH3 is 1. The van der Waals surface area contributed by atoms with Gasteiger partial charge in [0.05, 0.1) is 6.61 Å². The molecule has 1 unspecified atom stereocenters. The van der Waals surface area contributed by atoms with Crippen LogP contribution in [0.1, 0.15) is 45.1 Å². The number of hydrogen-bond acceptors (Lipinski definition) is 2. The third-order valence-corrected chi connectivity index (χ3v) is 3.67. The molecule has 3 heteroatoms. The van der Waals surface area contributed by atoms with Gasteiger partial charge in [-0.1, -0.05) is 44.5 Å². The van der Waals surface area contributed by atoms with Crippen molar-refractivity contribution in [2.45, 2.75) is 39.5 Å². The zero-order valence-corrected chi connectivity index (χ0v) is 14.0. The third-order valence-electron chi connectivity index (χ3n) is 3.44. The van der Waals surface area contributed by atoms with Crippen LogP contribution in [0.3, 0.4) is 0 Å². The lowest BCUT2D eigenvalue weighted by atomic mass is 9.84. The Balaban J connectivity index is 2.63. The first kappa shape index (κ1) is 17.5. The molecular formula is C17H28ClNO. The highest BCUT2D eigenvalue weighted by atomic mass is 35.5. The second-order valence-corrected chi connectivity index (χ2v) is 6.98. The highest BCUT2D eigenvalue weighted by molar-refractivity contribution is 6.30. The van der Waals surface area contributed by atoms with E-state index in [0.717, 1.165) is 24.7 Å². The highest BCUT2D eigenvalue weighted by Crippen LogP contribution is 2.29. The second-order valence-electron chi connectivity index (χ2n) is 6.55. The molecule has 0 saturated carbocycles. The Morgan fingerprint density at radius 1 is 1.30 bits per heavy atom. The normalized spacial score (nSPS) is 13.4. The van der Waals surface area contributed by atoms with E-state index < -0.39 is 0 Å². The molecule has 0 aromatic heterocycles. The van der Waals surface area contributed by atoms with Gasteiger partial charge in [-0.3, -0.25) is 0 Å². The van der Waals surface area contributed by atoms with Crippen molar-refractivity contribution < 1.29 is 4.74 Å². The smallest absolute Gasteiger partial charge is 0.0587 e. The molecule has 1 rings (SSSR count). The fraction of sp³-hybridized carbons (Fsp3) is 0.647. The molecule has 0 heterocycles. The highest BCUT2D eigenvalue weighted by Gasteiger charge is 2.17. The van der Waals surface area contributed by atoms with Crippen molar-refractivity contribution in [3.05, 3.63) is 34.9 Å². The molecule has 0 aliphatic carbocycles. The van der Waals surface area contributed by atoms with Crippen LogP contribution in [0.2, 0.25) is 5.02 Å². The summed E-state index contributed by atoms with van der Waals surface area (Å²) >= 11 is 6.12. The van der Waals surface area contributed by atoms with Gasteiger partial charge in [0, 0.05) is 25.2 Å². The van der Waals surface area contributed by atoms with Crippen LogP contribution in [0.15, 0.2) is 24.3 Å². The molecule has 1 aromatic rings. The quantitative estimate of drug-likeness (QED) is 0.714. The molecule has 0 bridgehead atoms. The average molecular weight is 298 g/mol. The SMILES string of the molecule is COCCNCC(CCC(C)(C)C)c1cccc(Cl)c1. The van der Waals surface area contributed by atoms with Crippen molar-refractivity contribution >= 4 is 11.6 Å². The lowest BCUT2D eigenvalue weighted by molar-refractivity contribution is 0.198. The number of hydrogen-bond donors (Lipinski definition) is 1. The maximum atomic E-state index is 6.12. The second kappa shape index (κ2) is 8.66. The maximum Gasteiger partial charge on any atom is 0.0587 e. The van der Waals surface area contributed by atoms with Gasteiger partial charge in [-0.25, -0.2) is 0 Å². The first-order chi connectivity index (χ1) is 9.42. The van der Waals surface area contributed by atoms with Crippen LogP contribution in [-0.2, 0) is 4.74 Å². The van der Waals surface area contributed by atoms with Crippen molar-refractivity contribution in [2.24, 2.45) is 5.41 Å². The lowest BCUT2D eigenvalue weighted by Crippen LogP contribution is -2.26. The van der Waals surface area contributed by atoms with E-state index in [9.17, 15) is 0 Å².